The molecule has 0 saturated carbocycles. The van der Waals surface area contributed by atoms with E-state index in [0.29, 0.717) is 0 Å². The molecule has 0 aromatic carbocycles. The van der Waals surface area contributed by atoms with Gasteiger partial charge in [-0.15, -0.1) is 0 Å². The molecule has 0 fully saturated rings. The van der Waals surface area contributed by atoms with Crippen LogP contribution in [-0.2, 0) is 0 Å². The van der Waals surface area contributed by atoms with Gasteiger partial charge in [-0.25, -0.2) is 0 Å². The number of aliphatic hydroxyl groups is 2. The summed E-state index contributed by atoms with van der Waals surface area (Å²) in [5.74, 6) is 0. The Labute approximate surface area is 157 Å². The summed E-state index contributed by atoms with van der Waals surface area (Å²) in [5.41, 5.74) is 0. The zero-order chi connectivity index (χ0) is 12.5. The highest BCUT2D eigenvalue weighted by Gasteiger charge is 1.90. The van der Waals surface area contributed by atoms with Crippen molar-refractivity contribution in [1.82, 2.24) is 0 Å². The first-order valence-corrected chi connectivity index (χ1v) is 7.05. The predicted octanol–water partition coefficient (Wildman–Crippen LogP) is -4.35. The third kappa shape index (κ3) is 132. The van der Waals surface area contributed by atoms with Gasteiger partial charge in [0.05, 0.1) is 13.2 Å². The van der Waals surface area contributed by atoms with Crippen molar-refractivity contribution in [2.45, 2.75) is 78.1 Å². The standard InChI is InChI=1S/C12H26.C2H6O2.10H2O/c1-3-5-7-9-11-12-10-8-6-4-2;3-1-2-4;;;;;;;;;;/h3-12H2,1-2H3;3-4H,1-2H2;10*1H2. The molecule has 180 valence electrons. The van der Waals surface area contributed by atoms with Crippen LogP contribution in [0.25, 0.3) is 0 Å². The summed E-state index contributed by atoms with van der Waals surface area (Å²) >= 11 is 0. The average molecular weight is 413 g/mol. The zero-order valence-corrected chi connectivity index (χ0v) is 16.4. The molecule has 0 amide bonds. The molecule has 0 rings (SSSR count). The normalized spacial score (nSPS) is 6.00. The highest BCUT2D eigenvalue weighted by molar-refractivity contribution is 4.45. The maximum Gasteiger partial charge on any atom is 0.0662 e. The first-order valence-electron chi connectivity index (χ1n) is 7.05. The minimum Gasteiger partial charge on any atom is -0.412 e. The van der Waals surface area contributed by atoms with Crippen LogP contribution in [-0.4, -0.2) is 78.2 Å². The second-order valence-electron chi connectivity index (χ2n) is 4.28. The van der Waals surface area contributed by atoms with Gasteiger partial charge in [0.1, 0.15) is 0 Å². The summed E-state index contributed by atoms with van der Waals surface area (Å²) < 4.78 is 0. The molecule has 0 heterocycles. The molecular weight excluding hydrogens is 360 g/mol. The van der Waals surface area contributed by atoms with Gasteiger partial charge in [-0.3, -0.25) is 0 Å². The third-order valence-electron chi connectivity index (χ3n) is 2.56. The summed E-state index contributed by atoms with van der Waals surface area (Å²) in [7, 11) is 0. The quantitative estimate of drug-likeness (QED) is 0.335. The number of hydrogen-bond acceptors (Lipinski definition) is 2. The van der Waals surface area contributed by atoms with Crippen LogP contribution in [0.4, 0.5) is 0 Å². The van der Waals surface area contributed by atoms with E-state index < -0.39 is 0 Å². The van der Waals surface area contributed by atoms with Gasteiger partial charge in [0.25, 0.3) is 0 Å². The lowest BCUT2D eigenvalue weighted by atomic mass is 10.1. The van der Waals surface area contributed by atoms with E-state index in [-0.39, 0.29) is 68.0 Å². The van der Waals surface area contributed by atoms with Crippen molar-refractivity contribution >= 4 is 0 Å². The molecule has 12 nitrogen and oxygen atoms in total. The number of unbranched alkanes of at least 4 members (excludes halogenated alkanes) is 9. The first-order chi connectivity index (χ1) is 7.83. The van der Waals surface area contributed by atoms with E-state index >= 15 is 0 Å². The Hall–Kier alpha value is -0.480. The maximum atomic E-state index is 7.62. The fourth-order valence-electron chi connectivity index (χ4n) is 1.56. The fraction of sp³-hybridized carbons (Fsp3) is 1.00. The second kappa shape index (κ2) is 102. The molecule has 12 heteroatoms. The van der Waals surface area contributed by atoms with Crippen molar-refractivity contribution < 1.29 is 65.0 Å². The Morgan fingerprint density at radius 2 is 0.500 bits per heavy atom. The van der Waals surface area contributed by atoms with Crippen LogP contribution in [0.5, 0.6) is 0 Å². The van der Waals surface area contributed by atoms with Crippen molar-refractivity contribution in [3.05, 3.63) is 0 Å². The topological polar surface area (TPSA) is 355 Å². The SMILES string of the molecule is CCCCCCCCCCCC.O.O.O.O.O.O.O.O.O.O.OCCO. The van der Waals surface area contributed by atoms with Crippen molar-refractivity contribution in [3.8, 4) is 0 Å². The van der Waals surface area contributed by atoms with E-state index in [9.17, 15) is 0 Å². The molecule has 22 N–H and O–H groups in total. The van der Waals surface area contributed by atoms with Crippen LogP contribution in [0.15, 0.2) is 0 Å². The predicted molar refractivity (Wildman–Crippen MR) is 108 cm³/mol. The number of rotatable bonds is 10. The van der Waals surface area contributed by atoms with E-state index in [2.05, 4.69) is 13.8 Å². The largest absolute Gasteiger partial charge is 0.412 e. The summed E-state index contributed by atoms with van der Waals surface area (Å²) in [4.78, 5) is 0. The van der Waals surface area contributed by atoms with Gasteiger partial charge in [-0.05, 0) is 0 Å². The van der Waals surface area contributed by atoms with Crippen molar-refractivity contribution in [2.24, 2.45) is 0 Å². The van der Waals surface area contributed by atoms with E-state index in [1.807, 2.05) is 0 Å². The third-order valence-corrected chi connectivity index (χ3v) is 2.56. The first kappa shape index (κ1) is 83.9. The monoisotopic (exact) mass is 412 g/mol. The Kier molecular flexibility index (Phi) is 330. The summed E-state index contributed by atoms with van der Waals surface area (Å²) in [5, 5.41) is 15.2. The molecule has 0 aliphatic rings. The number of aliphatic hydroxyl groups excluding tert-OH is 2. The van der Waals surface area contributed by atoms with Gasteiger partial charge in [-0.2, -0.15) is 0 Å². The molecule has 0 unspecified atom stereocenters. The number of hydrogen-bond donors (Lipinski definition) is 2. The zero-order valence-electron chi connectivity index (χ0n) is 16.4. The fourth-order valence-corrected chi connectivity index (χ4v) is 1.56. The minimum absolute atomic E-state index is 0. The Morgan fingerprint density at radius 1 is 0.346 bits per heavy atom. The van der Waals surface area contributed by atoms with Gasteiger partial charge < -0.3 is 65.0 Å². The molecule has 0 aliphatic heterocycles. The van der Waals surface area contributed by atoms with Gasteiger partial charge in [0.15, 0.2) is 0 Å². The molecule has 0 aliphatic carbocycles. The Morgan fingerprint density at radius 3 is 0.615 bits per heavy atom. The highest BCUT2D eigenvalue weighted by atomic mass is 16.3. The van der Waals surface area contributed by atoms with Crippen LogP contribution < -0.4 is 0 Å². The molecule has 0 radical (unpaired) electrons. The molecule has 26 heavy (non-hydrogen) atoms. The molecule has 0 atom stereocenters. The van der Waals surface area contributed by atoms with E-state index in [1.54, 1.807) is 0 Å². The van der Waals surface area contributed by atoms with Crippen LogP contribution in [0.1, 0.15) is 78.1 Å². The Balaban J connectivity index is -0.0000000129. The lowest BCUT2D eigenvalue weighted by molar-refractivity contribution is 0.186. The summed E-state index contributed by atoms with van der Waals surface area (Å²) in [6.45, 7) is 4.31. The lowest BCUT2D eigenvalue weighted by Crippen LogP contribution is -1.85. The maximum absolute atomic E-state index is 7.62. The smallest absolute Gasteiger partial charge is 0.0662 e. The minimum atomic E-state index is -0.125. The van der Waals surface area contributed by atoms with Crippen LogP contribution in [0.2, 0.25) is 0 Å². The lowest BCUT2D eigenvalue weighted by Gasteiger charge is -1.99. The van der Waals surface area contributed by atoms with Crippen LogP contribution >= 0.6 is 0 Å². The molecule has 0 spiro atoms. The summed E-state index contributed by atoms with van der Waals surface area (Å²) in [6.07, 6.45) is 14.4. The van der Waals surface area contributed by atoms with E-state index in [1.165, 1.54) is 64.2 Å². The highest BCUT2D eigenvalue weighted by Crippen LogP contribution is 2.09. The van der Waals surface area contributed by atoms with Crippen LogP contribution in [0.3, 0.4) is 0 Å². The van der Waals surface area contributed by atoms with Crippen molar-refractivity contribution in [3.63, 3.8) is 0 Å². The van der Waals surface area contributed by atoms with E-state index in [4.69, 9.17) is 10.2 Å². The summed E-state index contributed by atoms with van der Waals surface area (Å²) in [6, 6.07) is 0. The van der Waals surface area contributed by atoms with Crippen molar-refractivity contribution in [2.75, 3.05) is 13.2 Å². The van der Waals surface area contributed by atoms with Crippen molar-refractivity contribution in [1.29, 1.82) is 0 Å². The molecule has 0 aromatic rings. The van der Waals surface area contributed by atoms with Gasteiger partial charge >= 0.3 is 0 Å². The molecule has 0 saturated heterocycles. The average Bonchev–Trinajstić information content (AvgIpc) is 2.33. The van der Waals surface area contributed by atoms with Crippen LogP contribution in [0, 0.1) is 0 Å². The van der Waals surface area contributed by atoms with E-state index in [0.717, 1.165) is 0 Å². The molecular formula is C14H52O12. The Bertz CT molecular complexity index is 99.9. The van der Waals surface area contributed by atoms with Gasteiger partial charge in [0, 0.05) is 0 Å². The van der Waals surface area contributed by atoms with Gasteiger partial charge in [-0.1, -0.05) is 78.1 Å². The molecule has 0 bridgehead atoms. The second-order valence-corrected chi connectivity index (χ2v) is 4.28. The van der Waals surface area contributed by atoms with Gasteiger partial charge in [0.2, 0.25) is 0 Å². The molecule has 0 aromatic heterocycles.